The van der Waals surface area contributed by atoms with Gasteiger partial charge in [0.1, 0.15) is 21.6 Å². The van der Waals surface area contributed by atoms with Crippen LogP contribution in [-0.4, -0.2) is 38.2 Å². The van der Waals surface area contributed by atoms with Gasteiger partial charge in [-0.15, -0.1) is 21.5 Å². The molecule has 174 valence electrons. The second-order valence-corrected chi connectivity index (χ2v) is 9.54. The van der Waals surface area contributed by atoms with E-state index >= 15 is 0 Å². The number of carbonyl (C=O) groups excluding carboxylic acids is 1. The summed E-state index contributed by atoms with van der Waals surface area (Å²) >= 11 is 8.90. The number of ether oxygens (including phenoxy) is 1. The largest absolute Gasteiger partial charge is 0.494 e. The molecule has 4 aromatic heterocycles. The number of halogens is 3. The van der Waals surface area contributed by atoms with E-state index in [1.54, 1.807) is 16.8 Å². The monoisotopic (exact) mass is 520 g/mol. The molecule has 1 aliphatic carbocycles. The van der Waals surface area contributed by atoms with Crippen molar-refractivity contribution in [2.75, 3.05) is 12.4 Å². The number of carbonyl (C=O) groups is 1. The SMILES string of the molecule is COc1cnc(C(F)F)cc1-c1cc(Cl)ncc1C(=O)Nc1nnc([C@H]2C[C@@H]2c2cscn2)s1. The van der Waals surface area contributed by atoms with Crippen LogP contribution in [0.3, 0.4) is 0 Å². The lowest BCUT2D eigenvalue weighted by atomic mass is 10.0. The number of nitrogens with one attached hydrogen (secondary N) is 1. The highest BCUT2D eigenvalue weighted by Crippen LogP contribution is 2.55. The summed E-state index contributed by atoms with van der Waals surface area (Å²) in [6.45, 7) is 0. The summed E-state index contributed by atoms with van der Waals surface area (Å²) in [7, 11) is 1.38. The summed E-state index contributed by atoms with van der Waals surface area (Å²) in [5.41, 5.74) is 3.01. The highest BCUT2D eigenvalue weighted by molar-refractivity contribution is 7.15. The third kappa shape index (κ3) is 4.48. The molecule has 0 aliphatic heterocycles. The maximum Gasteiger partial charge on any atom is 0.280 e. The lowest BCUT2D eigenvalue weighted by Crippen LogP contribution is -2.14. The fourth-order valence-corrected chi connectivity index (χ4v) is 5.28. The molecule has 0 unspecified atom stereocenters. The third-order valence-corrected chi connectivity index (χ3v) is 7.12. The lowest BCUT2D eigenvalue weighted by Gasteiger charge is -2.13. The average Bonchev–Trinajstić information content (AvgIpc) is 3.21. The number of rotatable bonds is 7. The Balaban J connectivity index is 1.41. The van der Waals surface area contributed by atoms with E-state index in [0.29, 0.717) is 11.0 Å². The van der Waals surface area contributed by atoms with Crippen LogP contribution in [0.1, 0.15) is 51.4 Å². The molecule has 0 bridgehead atoms. The van der Waals surface area contributed by atoms with Crippen molar-refractivity contribution in [1.29, 1.82) is 0 Å². The summed E-state index contributed by atoms with van der Waals surface area (Å²) < 4.78 is 31.8. The number of hydrogen-bond acceptors (Lipinski definition) is 9. The summed E-state index contributed by atoms with van der Waals surface area (Å²) in [5.74, 6) is 0.219. The Kier molecular flexibility index (Phi) is 6.19. The molecule has 4 aromatic rings. The number of pyridine rings is 2. The van der Waals surface area contributed by atoms with Crippen LogP contribution in [-0.2, 0) is 0 Å². The van der Waals surface area contributed by atoms with Crippen LogP contribution >= 0.6 is 34.3 Å². The topological polar surface area (TPSA) is 103 Å². The predicted octanol–water partition coefficient (Wildman–Crippen LogP) is 5.57. The van der Waals surface area contributed by atoms with Gasteiger partial charge in [-0.1, -0.05) is 22.9 Å². The number of nitrogens with zero attached hydrogens (tertiary/aromatic N) is 5. The predicted molar refractivity (Wildman–Crippen MR) is 124 cm³/mol. The molecule has 0 spiro atoms. The maximum absolute atomic E-state index is 13.3. The molecular formula is C21H15ClF2N6O2S2. The highest BCUT2D eigenvalue weighted by Gasteiger charge is 2.43. The van der Waals surface area contributed by atoms with Crippen molar-refractivity contribution in [3.8, 4) is 16.9 Å². The van der Waals surface area contributed by atoms with Gasteiger partial charge in [-0.05, 0) is 18.6 Å². The smallest absolute Gasteiger partial charge is 0.280 e. The molecule has 5 rings (SSSR count). The highest BCUT2D eigenvalue weighted by atomic mass is 35.5. The standard InChI is InChI=1S/C21H15ClF2N6O2S2/c1-32-16-6-25-14(18(23)24)3-11(16)9-4-17(22)26-5-13(9)19(31)28-21-30-29-20(34-21)12-2-10(12)15-7-33-8-27-15/h3-8,10,12,18H,2H2,1H3,(H,28,30,31)/t10-,12-/m0/s1. The number of alkyl halides is 2. The second-order valence-electron chi connectivity index (χ2n) is 7.42. The van der Waals surface area contributed by atoms with Gasteiger partial charge >= 0.3 is 0 Å². The minimum absolute atomic E-state index is 0.0871. The summed E-state index contributed by atoms with van der Waals surface area (Å²) in [4.78, 5) is 25.2. The number of amides is 1. The van der Waals surface area contributed by atoms with Crippen molar-refractivity contribution >= 4 is 45.3 Å². The quantitative estimate of drug-likeness (QED) is 0.317. The van der Waals surface area contributed by atoms with E-state index in [9.17, 15) is 13.6 Å². The molecule has 1 aliphatic rings. The Morgan fingerprint density at radius 3 is 2.76 bits per heavy atom. The van der Waals surface area contributed by atoms with Gasteiger partial charge in [0.25, 0.3) is 12.3 Å². The molecule has 1 fully saturated rings. The van der Waals surface area contributed by atoms with Crippen molar-refractivity contribution in [1.82, 2.24) is 25.1 Å². The first-order valence-electron chi connectivity index (χ1n) is 9.95. The van der Waals surface area contributed by atoms with Gasteiger partial charge in [-0.25, -0.2) is 18.7 Å². The number of hydrogen-bond donors (Lipinski definition) is 1. The van der Waals surface area contributed by atoms with E-state index in [-0.39, 0.29) is 33.5 Å². The molecule has 0 radical (unpaired) electrons. The fraction of sp³-hybridized carbons (Fsp3) is 0.238. The van der Waals surface area contributed by atoms with Crippen molar-refractivity contribution in [2.45, 2.75) is 24.7 Å². The average molecular weight is 521 g/mol. The van der Waals surface area contributed by atoms with Gasteiger partial charge in [-0.3, -0.25) is 15.1 Å². The zero-order valence-corrected chi connectivity index (χ0v) is 19.8. The normalized spacial score (nSPS) is 17.1. The van der Waals surface area contributed by atoms with Gasteiger partial charge in [0.15, 0.2) is 0 Å². The Morgan fingerprint density at radius 2 is 2.03 bits per heavy atom. The van der Waals surface area contributed by atoms with Gasteiger partial charge in [-0.2, -0.15) is 0 Å². The van der Waals surface area contributed by atoms with E-state index in [0.717, 1.165) is 17.1 Å². The fourth-order valence-electron chi connectivity index (χ4n) is 3.58. The Bertz CT molecular complexity index is 1350. The molecule has 1 saturated carbocycles. The maximum atomic E-state index is 13.3. The molecule has 1 amide bonds. The van der Waals surface area contributed by atoms with Crippen LogP contribution in [0.5, 0.6) is 5.75 Å². The molecular weight excluding hydrogens is 506 g/mol. The van der Waals surface area contributed by atoms with Crippen LogP contribution in [0.2, 0.25) is 5.15 Å². The van der Waals surface area contributed by atoms with Crippen LogP contribution in [0.4, 0.5) is 13.9 Å². The van der Waals surface area contributed by atoms with E-state index < -0.39 is 18.0 Å². The molecule has 4 heterocycles. The van der Waals surface area contributed by atoms with Crippen LogP contribution in [0, 0.1) is 0 Å². The second kappa shape index (κ2) is 9.28. The first-order valence-corrected chi connectivity index (χ1v) is 12.1. The number of anilines is 1. The van der Waals surface area contributed by atoms with E-state index in [1.165, 1.54) is 43.0 Å². The van der Waals surface area contributed by atoms with Crippen molar-refractivity contribution in [3.05, 3.63) is 62.5 Å². The van der Waals surface area contributed by atoms with Crippen molar-refractivity contribution in [3.63, 3.8) is 0 Å². The zero-order valence-electron chi connectivity index (χ0n) is 17.4. The van der Waals surface area contributed by atoms with Crippen molar-refractivity contribution < 1.29 is 18.3 Å². The number of methoxy groups -OCH3 is 1. The minimum Gasteiger partial charge on any atom is -0.494 e. The number of aromatic nitrogens is 5. The van der Waals surface area contributed by atoms with Crippen LogP contribution in [0.15, 0.2) is 35.4 Å². The van der Waals surface area contributed by atoms with E-state index in [1.807, 2.05) is 5.38 Å². The summed E-state index contributed by atoms with van der Waals surface area (Å²) in [5, 5.41) is 14.3. The molecule has 2 atom stereocenters. The van der Waals surface area contributed by atoms with Crippen LogP contribution in [0.25, 0.3) is 11.1 Å². The molecule has 8 nitrogen and oxygen atoms in total. The first kappa shape index (κ1) is 22.7. The number of thiazole rings is 1. The Morgan fingerprint density at radius 1 is 1.18 bits per heavy atom. The molecule has 0 aromatic carbocycles. The Hall–Kier alpha value is -3.09. The summed E-state index contributed by atoms with van der Waals surface area (Å²) in [6, 6.07) is 2.58. The minimum atomic E-state index is -2.80. The Labute approximate surface area is 205 Å². The van der Waals surface area contributed by atoms with Gasteiger partial charge in [0, 0.05) is 34.5 Å². The first-order chi connectivity index (χ1) is 16.4. The molecule has 1 N–H and O–H groups in total. The zero-order chi connectivity index (χ0) is 23.8. The molecule has 0 saturated heterocycles. The summed E-state index contributed by atoms with van der Waals surface area (Å²) in [6.07, 6.45) is 0.592. The van der Waals surface area contributed by atoms with Crippen molar-refractivity contribution in [2.24, 2.45) is 0 Å². The molecule has 13 heteroatoms. The molecule has 34 heavy (non-hydrogen) atoms. The van der Waals surface area contributed by atoms with Crippen LogP contribution < -0.4 is 10.1 Å². The third-order valence-electron chi connectivity index (χ3n) is 5.34. The lowest BCUT2D eigenvalue weighted by molar-refractivity contribution is 0.102. The van der Waals surface area contributed by atoms with E-state index in [2.05, 4.69) is 30.5 Å². The van der Waals surface area contributed by atoms with E-state index in [4.69, 9.17) is 16.3 Å². The van der Waals surface area contributed by atoms with Gasteiger partial charge in [0.05, 0.1) is 30.1 Å². The van der Waals surface area contributed by atoms with Gasteiger partial charge in [0.2, 0.25) is 5.13 Å². The van der Waals surface area contributed by atoms with Gasteiger partial charge < -0.3 is 4.74 Å².